The summed E-state index contributed by atoms with van der Waals surface area (Å²) in [5, 5.41) is 13.5. The Morgan fingerprint density at radius 3 is 3.00 bits per heavy atom. The highest BCUT2D eigenvalue weighted by atomic mass is 35.5. The van der Waals surface area contributed by atoms with Gasteiger partial charge < -0.3 is 5.11 Å². The number of carbonyl (C=O) groups is 1. The van der Waals surface area contributed by atoms with Gasteiger partial charge in [-0.05, 0) is 6.42 Å². The van der Waals surface area contributed by atoms with Gasteiger partial charge in [-0.3, -0.25) is 0 Å². The van der Waals surface area contributed by atoms with Gasteiger partial charge in [-0.25, -0.2) is 14.3 Å². The number of rotatable bonds is 2. The molecule has 2 aromatic heterocycles. The summed E-state index contributed by atoms with van der Waals surface area (Å²) in [6.45, 7) is 1.84. The monoisotopic (exact) mass is 225 g/mol. The third-order valence-corrected chi connectivity index (χ3v) is 2.26. The Kier molecular flexibility index (Phi) is 2.32. The average molecular weight is 226 g/mol. The third kappa shape index (κ3) is 1.55. The first kappa shape index (κ1) is 9.92. The van der Waals surface area contributed by atoms with Crippen molar-refractivity contribution in [2.75, 3.05) is 0 Å². The van der Waals surface area contributed by atoms with E-state index in [2.05, 4.69) is 10.1 Å². The molecule has 0 aliphatic rings. The number of nitrogens with zero attached hydrogens (tertiary/aromatic N) is 3. The minimum Gasteiger partial charge on any atom is -0.477 e. The fourth-order valence-electron chi connectivity index (χ4n) is 1.42. The summed E-state index contributed by atoms with van der Waals surface area (Å²) in [6, 6.07) is 0. The van der Waals surface area contributed by atoms with Crippen LogP contribution in [0.4, 0.5) is 0 Å². The minimum absolute atomic E-state index is 0.147. The molecule has 2 aromatic rings. The van der Waals surface area contributed by atoms with Gasteiger partial charge >= 0.3 is 5.97 Å². The van der Waals surface area contributed by atoms with Crippen molar-refractivity contribution >= 4 is 23.2 Å². The minimum atomic E-state index is -1.02. The summed E-state index contributed by atoms with van der Waals surface area (Å²) in [5.74, 6) is -1.02. The molecule has 2 heterocycles. The molecule has 6 heteroatoms. The van der Waals surface area contributed by atoms with Crippen LogP contribution in [0.1, 0.15) is 23.0 Å². The predicted octanol–water partition coefficient (Wildman–Crippen LogP) is 1.64. The molecule has 15 heavy (non-hydrogen) atoms. The molecule has 0 radical (unpaired) electrons. The molecule has 0 bridgehead atoms. The van der Waals surface area contributed by atoms with Crippen LogP contribution in [0.2, 0.25) is 5.02 Å². The Balaban J connectivity index is 2.80. The molecule has 0 aliphatic heterocycles. The molecule has 0 aromatic carbocycles. The number of fused-ring (bicyclic) bond motifs is 1. The van der Waals surface area contributed by atoms with Crippen molar-refractivity contribution in [1.29, 1.82) is 0 Å². The molecule has 0 atom stereocenters. The first-order chi connectivity index (χ1) is 7.13. The summed E-state index contributed by atoms with van der Waals surface area (Å²) < 4.78 is 1.39. The van der Waals surface area contributed by atoms with Crippen molar-refractivity contribution in [3.05, 3.63) is 28.7 Å². The Labute approximate surface area is 90.3 Å². The first-order valence-corrected chi connectivity index (χ1v) is 4.77. The van der Waals surface area contributed by atoms with Crippen LogP contribution in [0.3, 0.4) is 0 Å². The number of hydrogen-bond acceptors (Lipinski definition) is 3. The van der Waals surface area contributed by atoms with Crippen molar-refractivity contribution < 1.29 is 9.90 Å². The largest absolute Gasteiger partial charge is 0.477 e. The second kappa shape index (κ2) is 3.51. The fourth-order valence-corrected chi connectivity index (χ4v) is 1.57. The van der Waals surface area contributed by atoms with E-state index in [9.17, 15) is 4.79 Å². The maximum atomic E-state index is 11.0. The molecule has 0 saturated heterocycles. The lowest BCUT2D eigenvalue weighted by atomic mass is 10.2. The lowest BCUT2D eigenvalue weighted by Gasteiger charge is -1.93. The summed E-state index contributed by atoms with van der Waals surface area (Å²) in [5.41, 5.74) is 0.982. The van der Waals surface area contributed by atoms with Crippen LogP contribution >= 0.6 is 11.6 Å². The van der Waals surface area contributed by atoms with Gasteiger partial charge in [0.05, 0.1) is 16.9 Å². The lowest BCUT2D eigenvalue weighted by molar-refractivity contribution is 0.0697. The van der Waals surface area contributed by atoms with Crippen LogP contribution in [0.15, 0.2) is 12.4 Å². The number of hydrogen-bond donors (Lipinski definition) is 1. The molecule has 78 valence electrons. The smallest absolute Gasteiger partial charge is 0.341 e. The van der Waals surface area contributed by atoms with E-state index in [1.54, 1.807) is 0 Å². The van der Waals surface area contributed by atoms with E-state index in [1.807, 2.05) is 6.92 Å². The van der Waals surface area contributed by atoms with Crippen molar-refractivity contribution in [3.63, 3.8) is 0 Å². The predicted molar refractivity (Wildman–Crippen MR) is 54.3 cm³/mol. The summed E-state index contributed by atoms with van der Waals surface area (Å²) in [7, 11) is 0. The molecule has 0 spiro atoms. The van der Waals surface area contributed by atoms with Gasteiger partial charge in [-0.2, -0.15) is 5.10 Å². The van der Waals surface area contributed by atoms with Crippen LogP contribution in [0.25, 0.3) is 5.65 Å². The van der Waals surface area contributed by atoms with Crippen molar-refractivity contribution in [2.45, 2.75) is 13.3 Å². The number of aromatic nitrogens is 3. The second-order valence-electron chi connectivity index (χ2n) is 3.02. The van der Waals surface area contributed by atoms with Gasteiger partial charge in [0.1, 0.15) is 5.56 Å². The Bertz CT molecular complexity index is 535. The van der Waals surface area contributed by atoms with Gasteiger partial charge in [0.2, 0.25) is 0 Å². The number of carboxylic acid groups (broad SMARTS) is 1. The summed E-state index contributed by atoms with van der Waals surface area (Å²) >= 11 is 5.73. The van der Waals surface area contributed by atoms with Crippen LogP contribution in [-0.2, 0) is 6.42 Å². The van der Waals surface area contributed by atoms with E-state index in [-0.39, 0.29) is 5.56 Å². The molecule has 0 amide bonds. The van der Waals surface area contributed by atoms with E-state index in [0.717, 1.165) is 0 Å². The SMILES string of the molecule is CCc1nn2cc(Cl)cnc2c1C(=O)O. The number of aromatic carboxylic acids is 1. The lowest BCUT2D eigenvalue weighted by Crippen LogP contribution is -2.00. The van der Waals surface area contributed by atoms with Crippen molar-refractivity contribution in [3.8, 4) is 0 Å². The van der Waals surface area contributed by atoms with Crippen LogP contribution in [0, 0.1) is 0 Å². The van der Waals surface area contributed by atoms with Gasteiger partial charge in [-0.1, -0.05) is 18.5 Å². The second-order valence-corrected chi connectivity index (χ2v) is 3.46. The maximum Gasteiger partial charge on any atom is 0.341 e. The number of aryl methyl sites for hydroxylation is 1. The molecule has 0 unspecified atom stereocenters. The molecule has 5 nitrogen and oxygen atoms in total. The van der Waals surface area contributed by atoms with E-state index in [1.165, 1.54) is 16.9 Å². The van der Waals surface area contributed by atoms with Crippen molar-refractivity contribution in [1.82, 2.24) is 14.6 Å². The Morgan fingerprint density at radius 1 is 1.67 bits per heavy atom. The molecular weight excluding hydrogens is 218 g/mol. The highest BCUT2D eigenvalue weighted by Gasteiger charge is 2.18. The van der Waals surface area contributed by atoms with Crippen LogP contribution in [0.5, 0.6) is 0 Å². The summed E-state index contributed by atoms with van der Waals surface area (Å²) in [4.78, 5) is 15.0. The Hall–Kier alpha value is -1.62. The molecule has 1 N–H and O–H groups in total. The molecule has 2 rings (SSSR count). The zero-order valence-electron chi connectivity index (χ0n) is 7.94. The van der Waals surface area contributed by atoms with Gasteiger partial charge in [0.25, 0.3) is 0 Å². The Morgan fingerprint density at radius 2 is 2.40 bits per heavy atom. The van der Waals surface area contributed by atoms with Gasteiger partial charge in [0, 0.05) is 6.20 Å². The van der Waals surface area contributed by atoms with E-state index >= 15 is 0 Å². The molecule has 0 saturated carbocycles. The quantitative estimate of drug-likeness (QED) is 0.844. The summed E-state index contributed by atoms with van der Waals surface area (Å²) in [6.07, 6.45) is 3.49. The van der Waals surface area contributed by atoms with Crippen LogP contribution < -0.4 is 0 Å². The van der Waals surface area contributed by atoms with Gasteiger partial charge in [-0.15, -0.1) is 0 Å². The van der Waals surface area contributed by atoms with E-state index < -0.39 is 5.97 Å². The zero-order valence-corrected chi connectivity index (χ0v) is 8.69. The molecule has 0 aliphatic carbocycles. The van der Waals surface area contributed by atoms with Crippen molar-refractivity contribution in [2.24, 2.45) is 0 Å². The third-order valence-electron chi connectivity index (χ3n) is 2.06. The van der Waals surface area contributed by atoms with E-state index in [0.29, 0.717) is 22.8 Å². The number of carboxylic acids is 1. The zero-order chi connectivity index (χ0) is 11.0. The molecular formula is C9H8ClN3O2. The van der Waals surface area contributed by atoms with Gasteiger partial charge in [0.15, 0.2) is 5.65 Å². The topological polar surface area (TPSA) is 67.5 Å². The standard InChI is InChI=1S/C9H8ClN3O2/c1-2-6-7(9(14)15)8-11-3-5(10)4-13(8)12-6/h3-4H,2H2,1H3,(H,14,15). The van der Waals surface area contributed by atoms with E-state index in [4.69, 9.17) is 16.7 Å². The highest BCUT2D eigenvalue weighted by molar-refractivity contribution is 6.30. The highest BCUT2D eigenvalue weighted by Crippen LogP contribution is 2.16. The fraction of sp³-hybridized carbons (Fsp3) is 0.222. The van der Waals surface area contributed by atoms with Crippen LogP contribution in [-0.4, -0.2) is 25.7 Å². The first-order valence-electron chi connectivity index (χ1n) is 4.39. The maximum absolute atomic E-state index is 11.0. The normalized spacial score (nSPS) is 10.8. The average Bonchev–Trinajstić information content (AvgIpc) is 2.54. The molecule has 0 fully saturated rings. The number of halogens is 1.